The van der Waals surface area contributed by atoms with Crippen molar-refractivity contribution in [1.82, 2.24) is 19.9 Å². The Kier molecular flexibility index (Phi) is 4.44. The van der Waals surface area contributed by atoms with Gasteiger partial charge in [0.05, 0.1) is 25.1 Å². The molecule has 0 spiro atoms. The Hall–Kier alpha value is -2.34. The molecule has 3 heterocycles. The molecular weight excluding hydrogens is 316 g/mol. The molecule has 4 rings (SSSR count). The van der Waals surface area contributed by atoms with Crippen molar-refractivity contribution in [3.8, 4) is 0 Å². The summed E-state index contributed by atoms with van der Waals surface area (Å²) in [5.41, 5.74) is 1.44. The van der Waals surface area contributed by atoms with Crippen LogP contribution in [-0.4, -0.2) is 45.5 Å². The first-order chi connectivity index (χ1) is 12.3. The van der Waals surface area contributed by atoms with Crippen molar-refractivity contribution in [2.24, 2.45) is 11.3 Å². The van der Waals surface area contributed by atoms with Gasteiger partial charge in [-0.15, -0.1) is 0 Å². The highest BCUT2D eigenvalue weighted by Gasteiger charge is 2.50. The number of likely N-dealkylation sites (tertiary alicyclic amines) is 1. The van der Waals surface area contributed by atoms with Crippen molar-refractivity contribution in [1.29, 1.82) is 0 Å². The summed E-state index contributed by atoms with van der Waals surface area (Å²) < 4.78 is 6.01. The molecular formula is C19H22N4O2. The van der Waals surface area contributed by atoms with Crippen LogP contribution in [0.5, 0.6) is 0 Å². The van der Waals surface area contributed by atoms with E-state index in [0.29, 0.717) is 24.8 Å². The zero-order valence-corrected chi connectivity index (χ0v) is 14.2. The molecule has 2 aliphatic rings. The molecule has 6 heteroatoms. The predicted molar refractivity (Wildman–Crippen MR) is 91.6 cm³/mol. The SMILES string of the molecule is O=C(c1cnccn1)N1C[C@@H]2CCC[C@]2(COCc2ccccn2)C1. The van der Waals surface area contributed by atoms with E-state index in [0.717, 1.165) is 31.6 Å². The van der Waals surface area contributed by atoms with Gasteiger partial charge >= 0.3 is 0 Å². The third kappa shape index (κ3) is 3.26. The van der Waals surface area contributed by atoms with Crippen LogP contribution in [0.3, 0.4) is 0 Å². The maximum Gasteiger partial charge on any atom is 0.274 e. The lowest BCUT2D eigenvalue weighted by Crippen LogP contribution is -2.35. The zero-order chi connectivity index (χ0) is 17.1. The van der Waals surface area contributed by atoms with Crippen molar-refractivity contribution in [3.05, 3.63) is 54.4 Å². The fraction of sp³-hybridized carbons (Fsp3) is 0.474. The Balaban J connectivity index is 1.41. The van der Waals surface area contributed by atoms with Crippen molar-refractivity contribution in [2.45, 2.75) is 25.9 Å². The minimum atomic E-state index is -0.0217. The van der Waals surface area contributed by atoms with Crippen LogP contribution in [-0.2, 0) is 11.3 Å². The highest BCUT2D eigenvalue weighted by molar-refractivity contribution is 5.92. The van der Waals surface area contributed by atoms with Gasteiger partial charge in [0, 0.05) is 37.1 Å². The fourth-order valence-corrected chi connectivity index (χ4v) is 4.22. The van der Waals surface area contributed by atoms with E-state index in [1.54, 1.807) is 24.8 Å². The van der Waals surface area contributed by atoms with Gasteiger partial charge in [-0.25, -0.2) is 4.98 Å². The number of hydrogen-bond donors (Lipinski definition) is 0. The molecule has 0 bridgehead atoms. The lowest BCUT2D eigenvalue weighted by molar-refractivity contribution is 0.0252. The molecule has 2 fully saturated rings. The standard InChI is InChI=1S/C19H22N4O2/c24-18(17-10-20-8-9-22-17)23-11-15-4-3-6-19(15,13-23)14-25-12-16-5-1-2-7-21-16/h1-2,5,7-10,15H,3-4,6,11-14H2/t15-,19+/m0/s1. The number of nitrogens with zero attached hydrogens (tertiary/aromatic N) is 4. The molecule has 2 aromatic heterocycles. The maximum atomic E-state index is 12.7. The number of pyridine rings is 1. The number of aromatic nitrogens is 3. The third-order valence-electron chi connectivity index (χ3n) is 5.47. The Morgan fingerprint density at radius 2 is 2.24 bits per heavy atom. The summed E-state index contributed by atoms with van der Waals surface area (Å²) in [6.45, 7) is 2.74. The topological polar surface area (TPSA) is 68.2 Å². The van der Waals surface area contributed by atoms with Gasteiger partial charge in [0.15, 0.2) is 0 Å². The number of rotatable bonds is 5. The second-order valence-electron chi connectivity index (χ2n) is 7.04. The Labute approximate surface area is 147 Å². The molecule has 1 amide bonds. The lowest BCUT2D eigenvalue weighted by atomic mass is 9.81. The van der Waals surface area contributed by atoms with Gasteiger partial charge in [-0.3, -0.25) is 14.8 Å². The van der Waals surface area contributed by atoms with Crippen molar-refractivity contribution in [3.63, 3.8) is 0 Å². The molecule has 6 nitrogen and oxygen atoms in total. The first-order valence-electron chi connectivity index (χ1n) is 8.80. The van der Waals surface area contributed by atoms with Crippen LogP contribution in [0, 0.1) is 11.3 Å². The van der Waals surface area contributed by atoms with Gasteiger partial charge in [-0.1, -0.05) is 12.5 Å². The number of fused-ring (bicyclic) bond motifs is 1. The summed E-state index contributed by atoms with van der Waals surface area (Å²) in [4.78, 5) is 27.1. The molecule has 1 aliphatic heterocycles. The predicted octanol–water partition coefficient (Wildman–Crippen LogP) is 2.33. The fourth-order valence-electron chi connectivity index (χ4n) is 4.22. The molecule has 1 saturated carbocycles. The average Bonchev–Trinajstić information content (AvgIpc) is 3.20. The zero-order valence-electron chi connectivity index (χ0n) is 14.2. The molecule has 25 heavy (non-hydrogen) atoms. The molecule has 2 atom stereocenters. The van der Waals surface area contributed by atoms with E-state index in [1.165, 1.54) is 6.42 Å². The molecule has 0 N–H and O–H groups in total. The van der Waals surface area contributed by atoms with Crippen LogP contribution in [0.25, 0.3) is 0 Å². The second-order valence-corrected chi connectivity index (χ2v) is 7.04. The molecule has 2 aromatic rings. The largest absolute Gasteiger partial charge is 0.375 e. The molecule has 0 aromatic carbocycles. The Morgan fingerprint density at radius 3 is 3.04 bits per heavy atom. The van der Waals surface area contributed by atoms with Gasteiger partial charge in [-0.05, 0) is 30.9 Å². The van der Waals surface area contributed by atoms with Gasteiger partial charge < -0.3 is 9.64 Å². The highest BCUT2D eigenvalue weighted by Crippen LogP contribution is 2.49. The number of amides is 1. The summed E-state index contributed by atoms with van der Waals surface area (Å²) in [6.07, 6.45) is 9.97. The first kappa shape index (κ1) is 16.1. The second kappa shape index (κ2) is 6.88. The van der Waals surface area contributed by atoms with Crippen molar-refractivity contribution < 1.29 is 9.53 Å². The van der Waals surface area contributed by atoms with Gasteiger partial charge in [0.2, 0.25) is 0 Å². The summed E-state index contributed by atoms with van der Waals surface area (Å²) in [5.74, 6) is 0.489. The highest BCUT2D eigenvalue weighted by atomic mass is 16.5. The van der Waals surface area contributed by atoms with E-state index < -0.39 is 0 Å². The summed E-state index contributed by atoms with van der Waals surface area (Å²) in [5, 5.41) is 0. The molecule has 130 valence electrons. The number of hydrogen-bond acceptors (Lipinski definition) is 5. The van der Waals surface area contributed by atoms with Crippen molar-refractivity contribution >= 4 is 5.91 Å². The molecule has 1 aliphatic carbocycles. The van der Waals surface area contributed by atoms with Gasteiger partial charge in [0.25, 0.3) is 5.91 Å². The van der Waals surface area contributed by atoms with Gasteiger partial charge in [-0.2, -0.15) is 0 Å². The van der Waals surface area contributed by atoms with Crippen LogP contribution < -0.4 is 0 Å². The Morgan fingerprint density at radius 1 is 1.28 bits per heavy atom. The van der Waals surface area contributed by atoms with E-state index in [-0.39, 0.29) is 11.3 Å². The quantitative estimate of drug-likeness (QED) is 0.837. The van der Waals surface area contributed by atoms with Crippen molar-refractivity contribution in [2.75, 3.05) is 19.7 Å². The molecule has 1 saturated heterocycles. The Bertz CT molecular complexity index is 725. The van der Waals surface area contributed by atoms with Gasteiger partial charge in [0.1, 0.15) is 5.69 Å². The number of carbonyl (C=O) groups is 1. The van der Waals surface area contributed by atoms with Crippen LogP contribution in [0.2, 0.25) is 0 Å². The summed E-state index contributed by atoms with van der Waals surface area (Å²) in [7, 11) is 0. The van der Waals surface area contributed by atoms with Crippen LogP contribution in [0.4, 0.5) is 0 Å². The normalized spacial score (nSPS) is 25.1. The minimum absolute atomic E-state index is 0.0217. The van der Waals surface area contributed by atoms with Crippen LogP contribution in [0.1, 0.15) is 35.4 Å². The third-order valence-corrected chi connectivity index (χ3v) is 5.47. The van der Waals surface area contributed by atoms with Crippen LogP contribution in [0.15, 0.2) is 43.0 Å². The van der Waals surface area contributed by atoms with E-state index in [1.807, 2.05) is 23.1 Å². The van der Waals surface area contributed by atoms with E-state index >= 15 is 0 Å². The summed E-state index contributed by atoms with van der Waals surface area (Å²) in [6, 6.07) is 5.85. The lowest BCUT2D eigenvalue weighted by Gasteiger charge is -2.28. The molecule has 0 radical (unpaired) electrons. The smallest absolute Gasteiger partial charge is 0.274 e. The average molecular weight is 338 g/mol. The maximum absolute atomic E-state index is 12.7. The van der Waals surface area contributed by atoms with E-state index in [4.69, 9.17) is 4.74 Å². The monoisotopic (exact) mass is 338 g/mol. The van der Waals surface area contributed by atoms with E-state index in [2.05, 4.69) is 15.0 Å². The number of ether oxygens (including phenoxy) is 1. The first-order valence-corrected chi connectivity index (χ1v) is 8.80. The van der Waals surface area contributed by atoms with E-state index in [9.17, 15) is 4.79 Å². The summed E-state index contributed by atoms with van der Waals surface area (Å²) >= 11 is 0. The van der Waals surface area contributed by atoms with Crippen LogP contribution >= 0.6 is 0 Å². The molecule has 0 unspecified atom stereocenters. The number of carbonyl (C=O) groups excluding carboxylic acids is 1. The minimum Gasteiger partial charge on any atom is -0.375 e.